The Morgan fingerprint density at radius 1 is 1.24 bits per heavy atom. The van der Waals surface area contributed by atoms with Gasteiger partial charge in [0.05, 0.1) is 35.9 Å². The maximum absolute atomic E-state index is 13.2. The molecule has 4 heterocycles. The van der Waals surface area contributed by atoms with Gasteiger partial charge in [0.15, 0.2) is 0 Å². The SMILES string of the molecule is CS(=O)(=O)n1cc(-c2cc3c(N4CC[C@@](C#N)(C5CC5)C4=O)ccnn3c2)cn1. The molecule has 3 aromatic rings. The van der Waals surface area contributed by atoms with Gasteiger partial charge in [0.1, 0.15) is 5.41 Å². The molecule has 1 aliphatic heterocycles. The van der Waals surface area contributed by atoms with Crippen LogP contribution in [0.2, 0.25) is 0 Å². The third-order valence-corrected chi connectivity index (χ3v) is 6.72. The summed E-state index contributed by atoms with van der Waals surface area (Å²) in [5.74, 6) is 0.0234. The van der Waals surface area contributed by atoms with Crippen LogP contribution in [0.4, 0.5) is 5.69 Å². The van der Waals surface area contributed by atoms with E-state index in [1.165, 1.54) is 12.4 Å². The van der Waals surface area contributed by atoms with Gasteiger partial charge in [-0.3, -0.25) is 4.79 Å². The molecule has 0 aromatic carbocycles. The number of nitriles is 1. The fourth-order valence-electron chi connectivity index (χ4n) is 4.14. The third kappa shape index (κ3) is 2.65. The molecule has 1 atom stereocenters. The van der Waals surface area contributed by atoms with Gasteiger partial charge in [-0.05, 0) is 37.3 Å². The number of carbonyl (C=O) groups is 1. The predicted molar refractivity (Wildman–Crippen MR) is 104 cm³/mol. The van der Waals surface area contributed by atoms with E-state index in [-0.39, 0.29) is 11.8 Å². The molecule has 148 valence electrons. The van der Waals surface area contributed by atoms with Crippen molar-refractivity contribution in [3.8, 4) is 17.2 Å². The van der Waals surface area contributed by atoms with Gasteiger partial charge in [0, 0.05) is 30.1 Å². The highest BCUT2D eigenvalue weighted by Gasteiger charge is 2.57. The maximum Gasteiger partial charge on any atom is 0.250 e. The number of amides is 1. The predicted octanol–water partition coefficient (Wildman–Crippen LogP) is 1.66. The van der Waals surface area contributed by atoms with Gasteiger partial charge >= 0.3 is 0 Å². The van der Waals surface area contributed by atoms with Crippen molar-refractivity contribution >= 4 is 27.1 Å². The lowest BCUT2D eigenvalue weighted by Crippen LogP contribution is -2.35. The molecule has 0 unspecified atom stereocenters. The van der Waals surface area contributed by atoms with Crippen LogP contribution in [-0.4, -0.2) is 45.9 Å². The van der Waals surface area contributed by atoms with Crippen molar-refractivity contribution in [2.24, 2.45) is 11.3 Å². The molecule has 0 N–H and O–H groups in total. The highest BCUT2D eigenvalue weighted by Crippen LogP contribution is 2.52. The van der Waals surface area contributed by atoms with Gasteiger partial charge in [0.25, 0.3) is 10.0 Å². The van der Waals surface area contributed by atoms with Crippen LogP contribution in [0.25, 0.3) is 16.6 Å². The smallest absolute Gasteiger partial charge is 0.250 e. The standard InChI is InChI=1S/C19H18N6O3S/c1-29(27,28)25-11-14(9-22-25)13-8-17-16(4-6-21-24(17)10-13)23-7-5-19(12-20,18(23)26)15-2-3-15/h4,6,8-11,15H,2-3,5,7H2,1H3/t19-/m1/s1. The summed E-state index contributed by atoms with van der Waals surface area (Å²) in [7, 11) is -3.47. The van der Waals surface area contributed by atoms with Gasteiger partial charge in [-0.25, -0.2) is 12.9 Å². The van der Waals surface area contributed by atoms with Gasteiger partial charge in [0.2, 0.25) is 5.91 Å². The molecule has 9 nitrogen and oxygen atoms in total. The minimum absolute atomic E-state index is 0.136. The summed E-state index contributed by atoms with van der Waals surface area (Å²) >= 11 is 0. The van der Waals surface area contributed by atoms with E-state index in [2.05, 4.69) is 16.3 Å². The zero-order valence-electron chi connectivity index (χ0n) is 15.7. The summed E-state index contributed by atoms with van der Waals surface area (Å²) < 4.78 is 25.9. The van der Waals surface area contributed by atoms with Gasteiger partial charge < -0.3 is 4.90 Å². The number of hydrogen-bond acceptors (Lipinski definition) is 6. The summed E-state index contributed by atoms with van der Waals surface area (Å²) in [6.45, 7) is 0.495. The number of fused-ring (bicyclic) bond motifs is 1. The summed E-state index contributed by atoms with van der Waals surface area (Å²) in [5.41, 5.74) is 1.87. The average molecular weight is 410 g/mol. The van der Waals surface area contributed by atoms with Crippen LogP contribution in [0, 0.1) is 22.7 Å². The second-order valence-corrected chi connectivity index (χ2v) is 9.54. The van der Waals surface area contributed by atoms with E-state index in [0.29, 0.717) is 29.7 Å². The Balaban J connectivity index is 1.56. The zero-order chi connectivity index (χ0) is 20.4. The van der Waals surface area contributed by atoms with Crippen molar-refractivity contribution < 1.29 is 13.2 Å². The Bertz CT molecular complexity index is 1300. The molecule has 29 heavy (non-hydrogen) atoms. The number of nitrogens with zero attached hydrogens (tertiary/aromatic N) is 6. The fraction of sp³-hybridized carbons (Fsp3) is 0.368. The van der Waals surface area contributed by atoms with Crippen LogP contribution in [0.1, 0.15) is 19.3 Å². The van der Waals surface area contributed by atoms with Crippen molar-refractivity contribution in [2.45, 2.75) is 19.3 Å². The van der Waals surface area contributed by atoms with E-state index < -0.39 is 15.4 Å². The van der Waals surface area contributed by atoms with E-state index in [9.17, 15) is 18.5 Å². The molecular formula is C19H18N6O3S. The molecule has 1 saturated heterocycles. The summed E-state index contributed by atoms with van der Waals surface area (Å²) in [6, 6.07) is 5.93. The molecule has 2 fully saturated rings. The van der Waals surface area contributed by atoms with Crippen LogP contribution >= 0.6 is 0 Å². The Labute approximate surface area is 167 Å². The summed E-state index contributed by atoms with van der Waals surface area (Å²) in [6.07, 6.45) is 9.78. The molecule has 1 amide bonds. The van der Waals surface area contributed by atoms with Crippen LogP contribution in [-0.2, 0) is 14.8 Å². The fourth-order valence-corrected chi connectivity index (χ4v) is 4.66. The first-order chi connectivity index (χ1) is 13.8. The van der Waals surface area contributed by atoms with Crippen molar-refractivity contribution in [3.05, 3.63) is 36.9 Å². The highest BCUT2D eigenvalue weighted by atomic mass is 32.2. The number of aromatic nitrogens is 4. The number of hydrogen-bond donors (Lipinski definition) is 0. The van der Waals surface area contributed by atoms with Crippen molar-refractivity contribution in [1.82, 2.24) is 18.8 Å². The van der Waals surface area contributed by atoms with E-state index >= 15 is 0 Å². The van der Waals surface area contributed by atoms with E-state index in [1.54, 1.807) is 27.9 Å². The molecule has 5 rings (SSSR count). The second-order valence-electron chi connectivity index (χ2n) is 7.70. The quantitative estimate of drug-likeness (QED) is 0.646. The van der Waals surface area contributed by atoms with Crippen LogP contribution in [0.3, 0.4) is 0 Å². The van der Waals surface area contributed by atoms with Gasteiger partial charge in [-0.15, -0.1) is 0 Å². The number of anilines is 1. The minimum Gasteiger partial charge on any atom is -0.309 e. The maximum atomic E-state index is 13.2. The van der Waals surface area contributed by atoms with Gasteiger partial charge in [-0.1, -0.05) is 0 Å². The molecule has 10 heteroatoms. The molecule has 0 radical (unpaired) electrons. The molecule has 3 aromatic heterocycles. The second kappa shape index (κ2) is 5.90. The van der Waals surface area contributed by atoms with Crippen molar-refractivity contribution in [3.63, 3.8) is 0 Å². The lowest BCUT2D eigenvalue weighted by molar-refractivity contribution is -0.123. The van der Waals surface area contributed by atoms with E-state index in [0.717, 1.165) is 28.7 Å². The Morgan fingerprint density at radius 3 is 2.69 bits per heavy atom. The molecule has 1 saturated carbocycles. The first-order valence-corrected chi connectivity index (χ1v) is 11.1. The first kappa shape index (κ1) is 17.9. The highest BCUT2D eigenvalue weighted by molar-refractivity contribution is 7.89. The largest absolute Gasteiger partial charge is 0.309 e. The zero-order valence-corrected chi connectivity index (χ0v) is 16.5. The van der Waals surface area contributed by atoms with Crippen LogP contribution in [0.15, 0.2) is 36.9 Å². The van der Waals surface area contributed by atoms with Gasteiger partial charge in [-0.2, -0.15) is 19.5 Å². The monoisotopic (exact) mass is 410 g/mol. The normalized spacial score (nSPS) is 22.3. The number of carbonyl (C=O) groups excluding carboxylic acids is 1. The molecule has 0 bridgehead atoms. The minimum atomic E-state index is -3.47. The summed E-state index contributed by atoms with van der Waals surface area (Å²) in [4.78, 5) is 14.9. The Kier molecular flexibility index (Phi) is 3.64. The molecule has 1 aliphatic carbocycles. The number of rotatable bonds is 4. The van der Waals surface area contributed by atoms with Crippen LogP contribution in [0.5, 0.6) is 0 Å². The first-order valence-electron chi connectivity index (χ1n) is 9.30. The van der Waals surface area contributed by atoms with E-state index in [4.69, 9.17) is 0 Å². The Hall–Kier alpha value is -3.19. The molecule has 2 aliphatic rings. The topological polar surface area (TPSA) is 113 Å². The Morgan fingerprint density at radius 2 is 2.03 bits per heavy atom. The van der Waals surface area contributed by atoms with Crippen LogP contribution < -0.4 is 4.90 Å². The van der Waals surface area contributed by atoms with Crippen molar-refractivity contribution in [1.29, 1.82) is 5.26 Å². The molecule has 0 spiro atoms. The average Bonchev–Trinajstić information content (AvgIpc) is 3.14. The molecular weight excluding hydrogens is 392 g/mol. The lowest BCUT2D eigenvalue weighted by Gasteiger charge is -2.21. The van der Waals surface area contributed by atoms with Crippen molar-refractivity contribution in [2.75, 3.05) is 17.7 Å². The van der Waals surface area contributed by atoms with E-state index in [1.807, 2.05) is 6.07 Å². The lowest BCUT2D eigenvalue weighted by atomic mass is 9.83. The summed E-state index contributed by atoms with van der Waals surface area (Å²) in [5, 5.41) is 17.9. The third-order valence-electron chi connectivity index (χ3n) is 5.84.